The van der Waals surface area contributed by atoms with Crippen LogP contribution in [0.25, 0.3) is 0 Å². The number of aliphatic hydroxyl groups is 1. The Balaban J connectivity index is 2.30. The van der Waals surface area contributed by atoms with Gasteiger partial charge >= 0.3 is 0 Å². The lowest BCUT2D eigenvalue weighted by Gasteiger charge is -2.58. The second-order valence-electron chi connectivity index (χ2n) is 5.22. The van der Waals surface area contributed by atoms with Gasteiger partial charge in [-0.2, -0.15) is 0 Å². The molecule has 0 spiro atoms. The fourth-order valence-corrected chi connectivity index (χ4v) is 3.69. The SMILES string of the molecule is CCC[C@@]1(O)C(=O)[C@H]2CCCCC[C@]21OC. The van der Waals surface area contributed by atoms with Crippen LogP contribution in [0.5, 0.6) is 0 Å². The van der Waals surface area contributed by atoms with Crippen molar-refractivity contribution in [3.63, 3.8) is 0 Å². The van der Waals surface area contributed by atoms with Gasteiger partial charge in [0.25, 0.3) is 0 Å². The topological polar surface area (TPSA) is 46.5 Å². The van der Waals surface area contributed by atoms with Crippen molar-refractivity contribution < 1.29 is 14.6 Å². The van der Waals surface area contributed by atoms with Crippen LogP contribution in [-0.4, -0.2) is 29.2 Å². The van der Waals surface area contributed by atoms with E-state index in [-0.39, 0.29) is 11.7 Å². The van der Waals surface area contributed by atoms with Gasteiger partial charge in [0.2, 0.25) is 0 Å². The Labute approximate surface area is 97.2 Å². The molecule has 0 bridgehead atoms. The number of carbonyl (C=O) groups excluding carboxylic acids is 1. The Hall–Kier alpha value is -0.410. The molecule has 3 atom stereocenters. The Bertz CT molecular complexity index is 289. The lowest BCUT2D eigenvalue weighted by atomic mass is 9.53. The number of hydrogen-bond acceptors (Lipinski definition) is 3. The minimum atomic E-state index is -1.20. The van der Waals surface area contributed by atoms with Crippen molar-refractivity contribution in [3.8, 4) is 0 Å². The van der Waals surface area contributed by atoms with Crippen LogP contribution < -0.4 is 0 Å². The standard InChI is InChI=1S/C13H22O3/c1-3-8-12(15)11(14)10-7-5-4-6-9-13(10,12)16-2/h10,15H,3-9H2,1-2H3/t10-,12-,13+/m1/s1. The van der Waals surface area contributed by atoms with Gasteiger partial charge in [0.1, 0.15) is 5.60 Å². The summed E-state index contributed by atoms with van der Waals surface area (Å²) < 4.78 is 5.63. The maximum Gasteiger partial charge on any atom is 0.173 e. The van der Waals surface area contributed by atoms with Crippen LogP contribution in [-0.2, 0) is 9.53 Å². The normalized spacial score (nSPS) is 43.4. The first-order valence-electron chi connectivity index (χ1n) is 6.44. The average molecular weight is 226 g/mol. The summed E-state index contributed by atoms with van der Waals surface area (Å²) in [5.41, 5.74) is -1.78. The van der Waals surface area contributed by atoms with Gasteiger partial charge in [-0.05, 0) is 19.3 Å². The number of ether oxygens (including phenoxy) is 1. The Morgan fingerprint density at radius 1 is 1.44 bits per heavy atom. The van der Waals surface area contributed by atoms with Gasteiger partial charge in [0.15, 0.2) is 11.4 Å². The molecule has 0 aromatic heterocycles. The molecule has 16 heavy (non-hydrogen) atoms. The molecule has 2 rings (SSSR count). The molecule has 2 aliphatic rings. The maximum atomic E-state index is 12.1. The number of methoxy groups -OCH3 is 1. The molecule has 92 valence electrons. The van der Waals surface area contributed by atoms with Gasteiger partial charge in [0, 0.05) is 7.11 Å². The van der Waals surface area contributed by atoms with Crippen molar-refractivity contribution in [2.24, 2.45) is 5.92 Å². The van der Waals surface area contributed by atoms with Gasteiger partial charge in [0.05, 0.1) is 5.92 Å². The third-order valence-electron chi connectivity index (χ3n) is 4.50. The summed E-state index contributed by atoms with van der Waals surface area (Å²) in [6, 6.07) is 0. The van der Waals surface area contributed by atoms with Crippen molar-refractivity contribution in [1.29, 1.82) is 0 Å². The molecule has 0 heterocycles. The van der Waals surface area contributed by atoms with E-state index in [0.717, 1.165) is 38.5 Å². The summed E-state index contributed by atoms with van der Waals surface area (Å²) in [5, 5.41) is 10.6. The highest BCUT2D eigenvalue weighted by atomic mass is 16.5. The van der Waals surface area contributed by atoms with Crippen LogP contribution in [0.3, 0.4) is 0 Å². The van der Waals surface area contributed by atoms with E-state index >= 15 is 0 Å². The first-order valence-corrected chi connectivity index (χ1v) is 6.44. The lowest BCUT2D eigenvalue weighted by Crippen LogP contribution is -2.76. The third kappa shape index (κ3) is 1.31. The summed E-state index contributed by atoms with van der Waals surface area (Å²) in [6.07, 6.45) is 6.37. The average Bonchev–Trinajstić information content (AvgIpc) is 2.49. The highest BCUT2D eigenvalue weighted by Crippen LogP contribution is 2.55. The van der Waals surface area contributed by atoms with E-state index < -0.39 is 11.2 Å². The summed E-state index contributed by atoms with van der Waals surface area (Å²) in [7, 11) is 1.64. The summed E-state index contributed by atoms with van der Waals surface area (Å²) in [6.45, 7) is 2.00. The van der Waals surface area contributed by atoms with Crippen LogP contribution in [0.15, 0.2) is 0 Å². The molecule has 0 aromatic carbocycles. The molecule has 0 unspecified atom stereocenters. The van der Waals surface area contributed by atoms with Crippen LogP contribution in [0.2, 0.25) is 0 Å². The van der Waals surface area contributed by atoms with Crippen molar-refractivity contribution in [3.05, 3.63) is 0 Å². The van der Waals surface area contributed by atoms with Gasteiger partial charge in [-0.15, -0.1) is 0 Å². The van der Waals surface area contributed by atoms with E-state index in [4.69, 9.17) is 4.74 Å². The van der Waals surface area contributed by atoms with Crippen LogP contribution in [0, 0.1) is 5.92 Å². The molecule has 2 fully saturated rings. The molecule has 0 aromatic rings. The molecule has 0 radical (unpaired) electrons. The number of ketones is 1. The fourth-order valence-electron chi connectivity index (χ4n) is 3.69. The number of rotatable bonds is 3. The zero-order valence-corrected chi connectivity index (χ0v) is 10.3. The molecule has 3 nitrogen and oxygen atoms in total. The second kappa shape index (κ2) is 4.11. The first kappa shape index (κ1) is 12.1. The number of Topliss-reactive ketones (excluding diaryl/α,β-unsaturated/α-hetero) is 1. The Morgan fingerprint density at radius 3 is 2.81 bits per heavy atom. The predicted molar refractivity (Wildman–Crippen MR) is 61.2 cm³/mol. The number of fused-ring (bicyclic) bond motifs is 1. The predicted octanol–water partition coefficient (Wildman–Crippen LogP) is 2.07. The maximum absolute atomic E-state index is 12.1. The van der Waals surface area contributed by atoms with E-state index in [2.05, 4.69) is 0 Å². The van der Waals surface area contributed by atoms with Gasteiger partial charge in [-0.25, -0.2) is 0 Å². The van der Waals surface area contributed by atoms with E-state index in [0.29, 0.717) is 6.42 Å². The molecule has 0 amide bonds. The van der Waals surface area contributed by atoms with Gasteiger partial charge < -0.3 is 9.84 Å². The van der Waals surface area contributed by atoms with Crippen molar-refractivity contribution in [1.82, 2.24) is 0 Å². The smallest absolute Gasteiger partial charge is 0.173 e. The minimum Gasteiger partial charge on any atom is -0.379 e. The quantitative estimate of drug-likeness (QED) is 0.801. The molecule has 0 saturated heterocycles. The molecule has 0 aliphatic heterocycles. The van der Waals surface area contributed by atoms with Crippen molar-refractivity contribution >= 4 is 5.78 Å². The summed E-state index contributed by atoms with van der Waals surface area (Å²) in [4.78, 5) is 12.1. The second-order valence-corrected chi connectivity index (χ2v) is 5.22. The number of hydrogen-bond donors (Lipinski definition) is 1. The molecule has 3 heteroatoms. The lowest BCUT2D eigenvalue weighted by molar-refractivity contribution is -0.250. The van der Waals surface area contributed by atoms with Crippen LogP contribution >= 0.6 is 0 Å². The largest absolute Gasteiger partial charge is 0.379 e. The van der Waals surface area contributed by atoms with E-state index in [9.17, 15) is 9.90 Å². The third-order valence-corrected chi connectivity index (χ3v) is 4.50. The van der Waals surface area contributed by atoms with E-state index in [1.165, 1.54) is 0 Å². The molecule has 1 N–H and O–H groups in total. The summed E-state index contributed by atoms with van der Waals surface area (Å²) in [5.74, 6) is -0.0327. The molecule has 2 aliphatic carbocycles. The highest BCUT2D eigenvalue weighted by molar-refractivity contribution is 5.99. The first-order chi connectivity index (χ1) is 7.62. The van der Waals surface area contributed by atoms with Gasteiger partial charge in [-0.1, -0.05) is 32.6 Å². The molecular formula is C13H22O3. The van der Waals surface area contributed by atoms with Gasteiger partial charge in [-0.3, -0.25) is 4.79 Å². The Kier molecular flexibility index (Phi) is 3.10. The van der Waals surface area contributed by atoms with Crippen molar-refractivity contribution in [2.45, 2.75) is 63.1 Å². The van der Waals surface area contributed by atoms with Crippen LogP contribution in [0.4, 0.5) is 0 Å². The minimum absolute atomic E-state index is 0.0260. The van der Waals surface area contributed by atoms with Crippen LogP contribution in [0.1, 0.15) is 51.9 Å². The summed E-state index contributed by atoms with van der Waals surface area (Å²) >= 11 is 0. The fraction of sp³-hybridized carbons (Fsp3) is 0.923. The number of carbonyl (C=O) groups is 1. The zero-order valence-electron chi connectivity index (χ0n) is 10.3. The van der Waals surface area contributed by atoms with E-state index in [1.54, 1.807) is 7.11 Å². The zero-order chi connectivity index (χ0) is 11.8. The monoisotopic (exact) mass is 226 g/mol. The Morgan fingerprint density at radius 2 is 2.19 bits per heavy atom. The van der Waals surface area contributed by atoms with Crippen molar-refractivity contribution in [2.75, 3.05) is 7.11 Å². The molecular weight excluding hydrogens is 204 g/mol. The molecule has 2 saturated carbocycles. The highest BCUT2D eigenvalue weighted by Gasteiger charge is 2.71. The van der Waals surface area contributed by atoms with E-state index in [1.807, 2.05) is 6.92 Å².